The largest absolute Gasteiger partial charge is 0.394 e. The predicted octanol–water partition coefficient (Wildman–Crippen LogP) is 1.26. The highest BCUT2D eigenvalue weighted by molar-refractivity contribution is 5.84. The molecule has 0 bridgehead atoms. The van der Waals surface area contributed by atoms with Crippen LogP contribution in [0.5, 0.6) is 0 Å². The van der Waals surface area contributed by atoms with Crippen molar-refractivity contribution in [1.82, 2.24) is 5.32 Å². The molecule has 1 amide bonds. The molecule has 18 heavy (non-hydrogen) atoms. The minimum Gasteiger partial charge on any atom is -0.394 e. The Morgan fingerprint density at radius 3 is 2.56 bits per heavy atom. The van der Waals surface area contributed by atoms with E-state index in [-0.39, 0.29) is 18.6 Å². The number of amides is 1. The fraction of sp³-hybridized carbons (Fsp3) is 0.429. The van der Waals surface area contributed by atoms with Gasteiger partial charge in [0.05, 0.1) is 18.7 Å². The summed E-state index contributed by atoms with van der Waals surface area (Å²) in [5.74, 6) is -0.361. The van der Waals surface area contributed by atoms with Crippen LogP contribution in [0.1, 0.15) is 19.4 Å². The number of hydrogen-bond donors (Lipinski definition) is 2. The van der Waals surface area contributed by atoms with E-state index in [0.29, 0.717) is 6.42 Å². The molecule has 0 aliphatic heterocycles. The number of nitriles is 1. The number of aliphatic hydroxyl groups excluding tert-OH is 1. The Morgan fingerprint density at radius 1 is 1.44 bits per heavy atom. The first kappa shape index (κ1) is 14.2. The fourth-order valence-electron chi connectivity index (χ4n) is 1.48. The second-order valence-corrected chi connectivity index (χ2v) is 4.78. The quantitative estimate of drug-likeness (QED) is 0.821. The van der Waals surface area contributed by atoms with Crippen molar-refractivity contribution in [2.75, 3.05) is 6.61 Å². The second-order valence-electron chi connectivity index (χ2n) is 4.78. The summed E-state index contributed by atoms with van der Waals surface area (Å²) < 4.78 is 0. The van der Waals surface area contributed by atoms with E-state index in [1.807, 2.05) is 36.4 Å². The third-order valence-electron chi connectivity index (χ3n) is 2.73. The van der Waals surface area contributed by atoms with Gasteiger partial charge < -0.3 is 10.4 Å². The average Bonchev–Trinajstić information content (AvgIpc) is 2.38. The average molecular weight is 246 g/mol. The molecule has 1 rings (SSSR count). The van der Waals surface area contributed by atoms with Crippen molar-refractivity contribution in [1.29, 1.82) is 5.26 Å². The number of hydrogen-bond acceptors (Lipinski definition) is 3. The van der Waals surface area contributed by atoms with Gasteiger partial charge in [-0.25, -0.2) is 0 Å². The molecule has 1 aromatic carbocycles. The summed E-state index contributed by atoms with van der Waals surface area (Å²) in [6.45, 7) is 2.96. The lowest BCUT2D eigenvalue weighted by Crippen LogP contribution is -2.45. The molecule has 0 radical (unpaired) electrons. The standard InChI is InChI=1S/C14H18N2O2/c1-14(2,10-15)13(18)16-12(9-17)8-11-6-4-3-5-7-11/h3-7,12,17H,8-9H2,1-2H3,(H,16,18)/t12-/m1/s1. The number of benzene rings is 1. The molecule has 96 valence electrons. The van der Waals surface area contributed by atoms with Crippen LogP contribution in [-0.4, -0.2) is 23.7 Å². The summed E-state index contributed by atoms with van der Waals surface area (Å²) in [7, 11) is 0. The first-order chi connectivity index (χ1) is 8.49. The Kier molecular flexibility index (Phi) is 4.87. The fourth-order valence-corrected chi connectivity index (χ4v) is 1.48. The maximum Gasteiger partial charge on any atom is 0.240 e. The minimum atomic E-state index is -1.08. The highest BCUT2D eigenvalue weighted by atomic mass is 16.3. The first-order valence-corrected chi connectivity index (χ1v) is 5.86. The summed E-state index contributed by atoms with van der Waals surface area (Å²) in [5, 5.41) is 20.8. The molecule has 4 heteroatoms. The smallest absolute Gasteiger partial charge is 0.240 e. The Morgan fingerprint density at radius 2 is 2.06 bits per heavy atom. The molecule has 0 aromatic heterocycles. The van der Waals surface area contributed by atoms with Gasteiger partial charge in [-0.05, 0) is 25.8 Å². The number of carbonyl (C=O) groups excluding carboxylic acids is 1. The lowest BCUT2D eigenvalue weighted by atomic mass is 9.94. The van der Waals surface area contributed by atoms with E-state index >= 15 is 0 Å². The molecule has 0 unspecified atom stereocenters. The van der Waals surface area contributed by atoms with E-state index in [1.165, 1.54) is 0 Å². The molecule has 0 fully saturated rings. The van der Waals surface area contributed by atoms with Crippen LogP contribution in [-0.2, 0) is 11.2 Å². The normalized spacial score (nSPS) is 12.6. The Balaban J connectivity index is 2.64. The van der Waals surface area contributed by atoms with Crippen molar-refractivity contribution in [2.45, 2.75) is 26.3 Å². The third-order valence-corrected chi connectivity index (χ3v) is 2.73. The van der Waals surface area contributed by atoms with Crippen molar-refractivity contribution in [2.24, 2.45) is 5.41 Å². The van der Waals surface area contributed by atoms with Gasteiger partial charge in [0.25, 0.3) is 0 Å². The van der Waals surface area contributed by atoms with Crippen molar-refractivity contribution in [3.05, 3.63) is 35.9 Å². The summed E-state index contributed by atoms with van der Waals surface area (Å²) in [6, 6.07) is 11.2. The van der Waals surface area contributed by atoms with E-state index in [2.05, 4.69) is 5.32 Å². The van der Waals surface area contributed by atoms with Crippen LogP contribution >= 0.6 is 0 Å². The van der Waals surface area contributed by atoms with E-state index < -0.39 is 5.41 Å². The molecule has 0 aliphatic carbocycles. The van der Waals surface area contributed by atoms with Crippen LogP contribution in [0.4, 0.5) is 0 Å². The van der Waals surface area contributed by atoms with E-state index in [4.69, 9.17) is 5.26 Å². The number of aliphatic hydroxyl groups is 1. The van der Waals surface area contributed by atoms with Gasteiger partial charge in [0.2, 0.25) is 5.91 Å². The molecule has 1 atom stereocenters. The van der Waals surface area contributed by atoms with Crippen LogP contribution < -0.4 is 5.32 Å². The van der Waals surface area contributed by atoms with E-state index in [9.17, 15) is 9.90 Å². The molecule has 0 heterocycles. The lowest BCUT2D eigenvalue weighted by molar-refractivity contribution is -0.127. The highest BCUT2D eigenvalue weighted by Gasteiger charge is 2.28. The number of rotatable bonds is 5. The van der Waals surface area contributed by atoms with Crippen molar-refractivity contribution >= 4 is 5.91 Å². The zero-order valence-corrected chi connectivity index (χ0v) is 10.7. The maximum atomic E-state index is 11.8. The molecule has 2 N–H and O–H groups in total. The van der Waals surface area contributed by atoms with Crippen molar-refractivity contribution in [3.8, 4) is 6.07 Å². The van der Waals surface area contributed by atoms with Gasteiger partial charge in [0, 0.05) is 0 Å². The van der Waals surface area contributed by atoms with E-state index in [0.717, 1.165) is 5.56 Å². The molecule has 0 saturated carbocycles. The van der Waals surface area contributed by atoms with Crippen LogP contribution in [0, 0.1) is 16.7 Å². The Labute approximate surface area is 107 Å². The molecule has 1 aromatic rings. The topological polar surface area (TPSA) is 73.1 Å². The maximum absolute atomic E-state index is 11.8. The second kappa shape index (κ2) is 6.18. The van der Waals surface area contributed by atoms with E-state index in [1.54, 1.807) is 13.8 Å². The Bertz CT molecular complexity index is 435. The van der Waals surface area contributed by atoms with Crippen LogP contribution in [0.2, 0.25) is 0 Å². The Hall–Kier alpha value is -1.86. The monoisotopic (exact) mass is 246 g/mol. The van der Waals surface area contributed by atoms with Gasteiger partial charge in [0.1, 0.15) is 5.41 Å². The van der Waals surface area contributed by atoms with Gasteiger partial charge in [-0.15, -0.1) is 0 Å². The number of nitrogens with one attached hydrogen (secondary N) is 1. The van der Waals surface area contributed by atoms with Gasteiger partial charge in [-0.3, -0.25) is 4.79 Å². The zero-order chi connectivity index (χ0) is 13.6. The summed E-state index contributed by atoms with van der Waals surface area (Å²) >= 11 is 0. The first-order valence-electron chi connectivity index (χ1n) is 5.86. The van der Waals surface area contributed by atoms with Gasteiger partial charge in [0.15, 0.2) is 0 Å². The molecule has 4 nitrogen and oxygen atoms in total. The van der Waals surface area contributed by atoms with Crippen molar-refractivity contribution < 1.29 is 9.90 Å². The van der Waals surface area contributed by atoms with Crippen LogP contribution in [0.3, 0.4) is 0 Å². The number of nitrogens with zero attached hydrogens (tertiary/aromatic N) is 1. The van der Waals surface area contributed by atoms with Crippen molar-refractivity contribution in [3.63, 3.8) is 0 Å². The van der Waals surface area contributed by atoms with Crippen LogP contribution in [0.15, 0.2) is 30.3 Å². The summed E-state index contributed by atoms with van der Waals surface area (Å²) in [4.78, 5) is 11.8. The number of carbonyl (C=O) groups is 1. The van der Waals surface area contributed by atoms with Crippen LogP contribution in [0.25, 0.3) is 0 Å². The highest BCUT2D eigenvalue weighted by Crippen LogP contribution is 2.13. The summed E-state index contributed by atoms with van der Waals surface area (Å²) in [6.07, 6.45) is 0.546. The predicted molar refractivity (Wildman–Crippen MR) is 68.6 cm³/mol. The SMILES string of the molecule is CC(C)(C#N)C(=O)N[C@@H](CO)Cc1ccccc1. The van der Waals surface area contributed by atoms with Gasteiger partial charge >= 0.3 is 0 Å². The van der Waals surface area contributed by atoms with Gasteiger partial charge in [-0.2, -0.15) is 5.26 Å². The summed E-state index contributed by atoms with van der Waals surface area (Å²) in [5.41, 5.74) is -0.0454. The molecule has 0 spiro atoms. The molecule has 0 saturated heterocycles. The molecular weight excluding hydrogens is 228 g/mol. The molecule has 0 aliphatic rings. The zero-order valence-electron chi connectivity index (χ0n) is 10.7. The van der Waals surface area contributed by atoms with Gasteiger partial charge in [-0.1, -0.05) is 30.3 Å². The molecular formula is C14H18N2O2. The lowest BCUT2D eigenvalue weighted by Gasteiger charge is -2.21. The minimum absolute atomic E-state index is 0.151. The third kappa shape index (κ3) is 3.86.